The van der Waals surface area contributed by atoms with Crippen molar-refractivity contribution in [1.82, 2.24) is 15.2 Å². The molecule has 0 fully saturated rings. The van der Waals surface area contributed by atoms with Gasteiger partial charge in [0.25, 0.3) is 0 Å². The predicted octanol–water partition coefficient (Wildman–Crippen LogP) is 1.36. The number of nitrogens with zero attached hydrogens (tertiary/aromatic N) is 2. The number of thiazole rings is 1. The summed E-state index contributed by atoms with van der Waals surface area (Å²) >= 11 is 7.15. The van der Waals surface area contributed by atoms with E-state index in [1.165, 1.54) is 11.3 Å². The third kappa shape index (κ3) is 4.59. The van der Waals surface area contributed by atoms with Gasteiger partial charge in [0.15, 0.2) is 4.47 Å². The van der Waals surface area contributed by atoms with Crippen molar-refractivity contribution in [3.8, 4) is 0 Å². The van der Waals surface area contributed by atoms with Crippen molar-refractivity contribution >= 4 is 28.8 Å². The van der Waals surface area contributed by atoms with E-state index < -0.39 is 0 Å². The van der Waals surface area contributed by atoms with Crippen LogP contribution in [0.4, 0.5) is 0 Å². The van der Waals surface area contributed by atoms with Crippen LogP contribution in [0.25, 0.3) is 0 Å². The summed E-state index contributed by atoms with van der Waals surface area (Å²) in [5, 5.41) is 2.75. The van der Waals surface area contributed by atoms with Crippen LogP contribution in [0.15, 0.2) is 6.20 Å². The highest BCUT2D eigenvalue weighted by Gasteiger charge is 2.07. The van der Waals surface area contributed by atoms with Gasteiger partial charge in [0.2, 0.25) is 5.91 Å². The Morgan fingerprint density at radius 2 is 2.47 bits per heavy atom. The lowest BCUT2D eigenvalue weighted by molar-refractivity contribution is -0.121. The molecule has 0 unspecified atom stereocenters. The molecule has 0 spiro atoms. The molecule has 6 heteroatoms. The number of carbonyl (C=O) groups excluding carboxylic acids is 1. The average Bonchev–Trinajstić information content (AvgIpc) is 2.51. The van der Waals surface area contributed by atoms with Crippen molar-refractivity contribution in [3.05, 3.63) is 15.5 Å². The molecule has 1 amide bonds. The summed E-state index contributed by atoms with van der Waals surface area (Å²) in [6.07, 6.45) is 1.74. The zero-order valence-corrected chi connectivity index (χ0v) is 10.4. The highest BCUT2D eigenvalue weighted by molar-refractivity contribution is 7.15. The maximum atomic E-state index is 11.3. The third-order valence-corrected chi connectivity index (χ3v) is 2.84. The Balaban J connectivity index is 2.35. The maximum absolute atomic E-state index is 11.3. The second kappa shape index (κ2) is 6.05. The van der Waals surface area contributed by atoms with Crippen LogP contribution < -0.4 is 5.32 Å². The quantitative estimate of drug-likeness (QED) is 0.855. The van der Waals surface area contributed by atoms with E-state index >= 15 is 0 Å². The molecule has 1 heterocycles. The minimum Gasteiger partial charge on any atom is -0.355 e. The monoisotopic (exact) mass is 247 g/mol. The Morgan fingerprint density at radius 3 is 3.00 bits per heavy atom. The first-order chi connectivity index (χ1) is 7.11. The molecule has 0 saturated carbocycles. The standard InChI is InChI=1S/C9H14ClN3OS/c1-3-11-8(14)6-13(2)5-7-4-12-9(10)15-7/h4H,3,5-6H2,1-2H3,(H,11,14). The van der Waals surface area contributed by atoms with E-state index in [2.05, 4.69) is 10.3 Å². The molecule has 4 nitrogen and oxygen atoms in total. The Morgan fingerprint density at radius 1 is 1.73 bits per heavy atom. The molecular formula is C9H14ClN3OS. The van der Waals surface area contributed by atoms with Crippen molar-refractivity contribution in [2.45, 2.75) is 13.5 Å². The minimum absolute atomic E-state index is 0.0376. The van der Waals surface area contributed by atoms with Gasteiger partial charge in [-0.25, -0.2) is 4.98 Å². The molecule has 0 radical (unpaired) electrons. The highest BCUT2D eigenvalue weighted by atomic mass is 35.5. The molecule has 0 bridgehead atoms. The molecule has 0 atom stereocenters. The van der Waals surface area contributed by atoms with E-state index in [0.717, 1.165) is 4.88 Å². The van der Waals surface area contributed by atoms with Crippen molar-refractivity contribution < 1.29 is 4.79 Å². The van der Waals surface area contributed by atoms with Crippen LogP contribution in [0.5, 0.6) is 0 Å². The van der Waals surface area contributed by atoms with Crippen molar-refractivity contribution in [1.29, 1.82) is 0 Å². The maximum Gasteiger partial charge on any atom is 0.234 e. The lowest BCUT2D eigenvalue weighted by atomic mass is 10.4. The molecule has 1 aromatic rings. The Bertz CT molecular complexity index is 329. The number of carbonyl (C=O) groups is 1. The Labute approximate surface area is 98.3 Å². The molecule has 84 valence electrons. The van der Waals surface area contributed by atoms with Crippen LogP contribution in [0, 0.1) is 0 Å². The van der Waals surface area contributed by atoms with E-state index in [1.54, 1.807) is 6.20 Å². The molecule has 0 aliphatic heterocycles. The fraction of sp³-hybridized carbons (Fsp3) is 0.556. The van der Waals surface area contributed by atoms with E-state index in [9.17, 15) is 4.79 Å². The largest absolute Gasteiger partial charge is 0.355 e. The van der Waals surface area contributed by atoms with Gasteiger partial charge in [-0.05, 0) is 14.0 Å². The van der Waals surface area contributed by atoms with Gasteiger partial charge >= 0.3 is 0 Å². The summed E-state index contributed by atoms with van der Waals surface area (Å²) in [6, 6.07) is 0. The van der Waals surface area contributed by atoms with Crippen LogP contribution in [0.1, 0.15) is 11.8 Å². The SMILES string of the molecule is CCNC(=O)CN(C)Cc1cnc(Cl)s1. The number of nitrogens with one attached hydrogen (secondary N) is 1. The van der Waals surface area contributed by atoms with Crippen molar-refractivity contribution in [2.24, 2.45) is 0 Å². The smallest absolute Gasteiger partial charge is 0.234 e. The number of halogens is 1. The highest BCUT2D eigenvalue weighted by Crippen LogP contribution is 2.18. The van der Waals surface area contributed by atoms with Gasteiger partial charge in [0.05, 0.1) is 6.54 Å². The molecule has 0 aliphatic carbocycles. The van der Waals surface area contributed by atoms with Gasteiger partial charge in [0, 0.05) is 24.2 Å². The van der Waals surface area contributed by atoms with E-state index in [1.807, 2.05) is 18.9 Å². The van der Waals surface area contributed by atoms with Gasteiger partial charge in [-0.2, -0.15) is 0 Å². The second-order valence-electron chi connectivity index (χ2n) is 3.21. The summed E-state index contributed by atoms with van der Waals surface area (Å²) < 4.78 is 0.538. The van der Waals surface area contributed by atoms with E-state index in [4.69, 9.17) is 11.6 Å². The van der Waals surface area contributed by atoms with Crippen LogP contribution in [-0.4, -0.2) is 35.9 Å². The van der Waals surface area contributed by atoms with Crippen LogP contribution >= 0.6 is 22.9 Å². The first-order valence-corrected chi connectivity index (χ1v) is 5.86. The normalized spacial score (nSPS) is 10.7. The lowest BCUT2D eigenvalue weighted by Crippen LogP contribution is -2.34. The molecule has 0 aliphatic rings. The number of hydrogen-bond acceptors (Lipinski definition) is 4. The molecule has 0 saturated heterocycles. The average molecular weight is 248 g/mol. The van der Waals surface area contributed by atoms with Gasteiger partial charge < -0.3 is 5.32 Å². The topological polar surface area (TPSA) is 45.2 Å². The fourth-order valence-corrected chi connectivity index (χ4v) is 2.24. The first kappa shape index (κ1) is 12.4. The van der Waals surface area contributed by atoms with Gasteiger partial charge in [-0.1, -0.05) is 11.6 Å². The minimum atomic E-state index is 0.0376. The zero-order chi connectivity index (χ0) is 11.3. The summed E-state index contributed by atoms with van der Waals surface area (Å²) in [4.78, 5) is 18.2. The summed E-state index contributed by atoms with van der Waals surface area (Å²) in [5.41, 5.74) is 0. The van der Waals surface area contributed by atoms with Crippen LogP contribution in [0.2, 0.25) is 4.47 Å². The first-order valence-electron chi connectivity index (χ1n) is 4.67. The third-order valence-electron chi connectivity index (χ3n) is 1.74. The number of rotatable bonds is 5. The number of hydrogen-bond donors (Lipinski definition) is 1. The predicted molar refractivity (Wildman–Crippen MR) is 62.1 cm³/mol. The number of likely N-dealkylation sites (N-methyl/N-ethyl adjacent to an activating group) is 2. The van der Waals surface area contributed by atoms with Gasteiger partial charge in [-0.3, -0.25) is 9.69 Å². The summed E-state index contributed by atoms with van der Waals surface area (Å²) in [5.74, 6) is 0.0376. The molecule has 1 N–H and O–H groups in total. The molecule has 15 heavy (non-hydrogen) atoms. The van der Waals surface area contributed by atoms with E-state index in [0.29, 0.717) is 24.1 Å². The van der Waals surface area contributed by atoms with Crippen LogP contribution in [0.3, 0.4) is 0 Å². The summed E-state index contributed by atoms with van der Waals surface area (Å²) in [6.45, 7) is 3.66. The van der Waals surface area contributed by atoms with E-state index in [-0.39, 0.29) is 5.91 Å². The van der Waals surface area contributed by atoms with Gasteiger partial charge in [0.1, 0.15) is 0 Å². The van der Waals surface area contributed by atoms with Crippen molar-refractivity contribution in [2.75, 3.05) is 20.1 Å². The molecule has 1 rings (SSSR count). The van der Waals surface area contributed by atoms with Crippen LogP contribution in [-0.2, 0) is 11.3 Å². The molecule has 0 aromatic carbocycles. The Kier molecular flexibility index (Phi) is 5.01. The lowest BCUT2D eigenvalue weighted by Gasteiger charge is -2.14. The summed E-state index contributed by atoms with van der Waals surface area (Å²) in [7, 11) is 1.89. The number of amides is 1. The van der Waals surface area contributed by atoms with Crippen molar-refractivity contribution in [3.63, 3.8) is 0 Å². The van der Waals surface area contributed by atoms with Gasteiger partial charge in [-0.15, -0.1) is 11.3 Å². The molecule has 1 aromatic heterocycles. The second-order valence-corrected chi connectivity index (χ2v) is 4.90. The Hall–Kier alpha value is -0.650. The number of aromatic nitrogens is 1. The fourth-order valence-electron chi connectivity index (χ4n) is 1.18. The molecular weight excluding hydrogens is 234 g/mol. The zero-order valence-electron chi connectivity index (χ0n) is 8.79.